The zero-order valence-corrected chi connectivity index (χ0v) is 25.2. The number of fused-ring (bicyclic) bond motifs is 1. The molecule has 0 saturated carbocycles. The Morgan fingerprint density at radius 2 is 1.76 bits per heavy atom. The van der Waals surface area contributed by atoms with E-state index in [2.05, 4.69) is 16.0 Å². The number of rotatable bonds is 11. The van der Waals surface area contributed by atoms with Gasteiger partial charge in [-0.1, -0.05) is 51.1 Å². The van der Waals surface area contributed by atoms with Gasteiger partial charge in [-0.15, -0.1) is 0 Å². The van der Waals surface area contributed by atoms with Gasteiger partial charge in [0.1, 0.15) is 0 Å². The lowest BCUT2D eigenvalue weighted by atomic mass is 9.92. The number of pyridine rings is 1. The van der Waals surface area contributed by atoms with E-state index in [-0.39, 0.29) is 41.9 Å². The molecule has 1 fully saturated rings. The Balaban J connectivity index is 1.59. The predicted molar refractivity (Wildman–Crippen MR) is 160 cm³/mol. The summed E-state index contributed by atoms with van der Waals surface area (Å²) in [6, 6.07) is 8.08. The number of piperidine rings is 1. The van der Waals surface area contributed by atoms with E-state index in [9.17, 15) is 19.2 Å². The van der Waals surface area contributed by atoms with E-state index in [0.29, 0.717) is 18.5 Å². The van der Waals surface area contributed by atoms with Crippen molar-refractivity contribution >= 4 is 40.5 Å². The Hall–Kier alpha value is -3.59. The second-order valence-electron chi connectivity index (χ2n) is 11.9. The summed E-state index contributed by atoms with van der Waals surface area (Å²) < 4.78 is 4.86. The van der Waals surface area contributed by atoms with Crippen molar-refractivity contribution in [2.24, 2.45) is 17.3 Å². The zero-order chi connectivity index (χ0) is 30.3. The van der Waals surface area contributed by atoms with Crippen LogP contribution in [0.2, 0.25) is 0 Å². The number of methoxy groups -OCH3 is 1. The summed E-state index contributed by atoms with van der Waals surface area (Å²) >= 11 is 0. The van der Waals surface area contributed by atoms with Gasteiger partial charge in [0.2, 0.25) is 11.8 Å². The summed E-state index contributed by atoms with van der Waals surface area (Å²) in [6.45, 7) is 11.3. The summed E-state index contributed by atoms with van der Waals surface area (Å²) in [4.78, 5) is 55.1. The molecule has 1 aliphatic rings. The molecule has 2 amide bonds. The number of esters is 1. The van der Waals surface area contributed by atoms with E-state index in [4.69, 9.17) is 9.72 Å². The third-order valence-corrected chi connectivity index (χ3v) is 7.87. The van der Waals surface area contributed by atoms with Crippen LogP contribution in [0.15, 0.2) is 36.4 Å². The number of hydrogen-bond acceptors (Lipinski definition) is 7. The lowest BCUT2D eigenvalue weighted by Gasteiger charge is -2.31. The minimum absolute atomic E-state index is 0.108. The number of nitrogens with one attached hydrogen (secondary N) is 3. The molecule has 0 spiro atoms. The second-order valence-corrected chi connectivity index (χ2v) is 11.9. The monoisotopic (exact) mass is 564 g/mol. The largest absolute Gasteiger partial charge is 0.468 e. The number of carbonyl (C=O) groups is 4. The fraction of sp³-hybridized carbons (Fsp3) is 0.531. The number of amides is 2. The van der Waals surface area contributed by atoms with Crippen molar-refractivity contribution in [2.75, 3.05) is 7.11 Å². The van der Waals surface area contributed by atoms with Crippen molar-refractivity contribution in [3.05, 3.63) is 47.7 Å². The summed E-state index contributed by atoms with van der Waals surface area (Å²) in [5, 5.41) is 9.94. The highest BCUT2D eigenvalue weighted by Gasteiger charge is 2.33. The first-order valence-electron chi connectivity index (χ1n) is 14.4. The van der Waals surface area contributed by atoms with Crippen LogP contribution in [0, 0.1) is 17.3 Å². The van der Waals surface area contributed by atoms with Crippen LogP contribution in [-0.4, -0.2) is 53.8 Å². The summed E-state index contributed by atoms with van der Waals surface area (Å²) in [7, 11) is 1.37. The normalized spacial score (nSPS) is 19.1. The molecule has 0 aliphatic carbocycles. The van der Waals surface area contributed by atoms with Crippen LogP contribution in [0.1, 0.15) is 72.1 Å². The van der Waals surface area contributed by atoms with E-state index in [1.165, 1.54) is 7.11 Å². The number of carbonyl (C=O) groups excluding carboxylic acids is 4. The molecule has 9 nitrogen and oxygen atoms in total. The molecule has 3 N–H and O–H groups in total. The van der Waals surface area contributed by atoms with Crippen LogP contribution in [0.4, 0.5) is 0 Å². The topological polar surface area (TPSA) is 126 Å². The molecule has 0 bridgehead atoms. The van der Waals surface area contributed by atoms with E-state index in [1.54, 1.807) is 26.8 Å². The maximum Gasteiger partial charge on any atom is 0.315 e. The average molecular weight is 565 g/mol. The van der Waals surface area contributed by atoms with E-state index >= 15 is 0 Å². The average Bonchev–Trinajstić information content (AvgIpc) is 2.97. The quantitative estimate of drug-likeness (QED) is 0.353. The van der Waals surface area contributed by atoms with Crippen molar-refractivity contribution in [3.63, 3.8) is 0 Å². The number of hydrogen-bond donors (Lipinski definition) is 3. The second kappa shape index (κ2) is 13.9. The number of ether oxygens (including phenoxy) is 1. The minimum Gasteiger partial charge on any atom is -0.468 e. The van der Waals surface area contributed by atoms with E-state index < -0.39 is 23.5 Å². The standard InChI is InChI=1S/C32H44N4O5/c1-19(2)20(3)29(38)34-21(4)28(37)25-9-8-10-26(36-25)30(39)33-18-24-14-13-23-12-11-22(17-27(23)35-24)15-16-32(5,6)31(40)41-7/h11-17,19-21,25-26,36H,8-10,18H2,1-7H3,(H,33,39)(H,34,38)/b16-15+/t20-,21-,25?,26-/m0/s1. The van der Waals surface area contributed by atoms with Crippen molar-refractivity contribution in [1.82, 2.24) is 20.9 Å². The molecule has 1 aromatic carbocycles. The molecule has 41 heavy (non-hydrogen) atoms. The lowest BCUT2D eigenvalue weighted by molar-refractivity contribution is -0.148. The molecule has 9 heteroatoms. The highest BCUT2D eigenvalue weighted by Crippen LogP contribution is 2.22. The highest BCUT2D eigenvalue weighted by molar-refractivity contribution is 5.93. The molecule has 1 aromatic heterocycles. The number of ketones is 1. The number of nitrogens with zero attached hydrogens (tertiary/aromatic N) is 1. The molecular formula is C32H44N4O5. The van der Waals surface area contributed by atoms with Gasteiger partial charge in [0.05, 0.1) is 48.4 Å². The summed E-state index contributed by atoms with van der Waals surface area (Å²) in [6.07, 6.45) is 5.67. The first-order chi connectivity index (χ1) is 19.3. The lowest BCUT2D eigenvalue weighted by Crippen LogP contribution is -2.57. The van der Waals surface area contributed by atoms with Crippen molar-refractivity contribution in [1.29, 1.82) is 0 Å². The highest BCUT2D eigenvalue weighted by atomic mass is 16.5. The Labute approximate surface area is 242 Å². The summed E-state index contributed by atoms with van der Waals surface area (Å²) in [5.74, 6) is -0.749. The van der Waals surface area contributed by atoms with Crippen LogP contribution in [-0.2, 0) is 30.5 Å². The van der Waals surface area contributed by atoms with E-state index in [0.717, 1.165) is 22.9 Å². The molecule has 2 aromatic rings. The Morgan fingerprint density at radius 1 is 1.07 bits per heavy atom. The van der Waals surface area contributed by atoms with Crippen LogP contribution in [0.3, 0.4) is 0 Å². The fourth-order valence-corrected chi connectivity index (χ4v) is 4.70. The van der Waals surface area contributed by atoms with Gasteiger partial charge in [-0.05, 0) is 63.6 Å². The van der Waals surface area contributed by atoms with E-state index in [1.807, 2.05) is 57.2 Å². The van der Waals surface area contributed by atoms with Crippen LogP contribution < -0.4 is 16.0 Å². The van der Waals surface area contributed by atoms with Gasteiger partial charge >= 0.3 is 5.97 Å². The maximum atomic E-state index is 13.0. The van der Waals surface area contributed by atoms with Crippen LogP contribution in [0.5, 0.6) is 0 Å². The van der Waals surface area contributed by atoms with Crippen molar-refractivity contribution < 1.29 is 23.9 Å². The van der Waals surface area contributed by atoms with Gasteiger partial charge in [-0.25, -0.2) is 0 Å². The molecule has 1 unspecified atom stereocenters. The van der Waals surface area contributed by atoms with Gasteiger partial charge < -0.3 is 15.4 Å². The van der Waals surface area contributed by atoms with Crippen molar-refractivity contribution in [2.45, 2.75) is 85.5 Å². The molecule has 222 valence electrons. The van der Waals surface area contributed by atoms with Gasteiger partial charge in [-0.2, -0.15) is 0 Å². The molecule has 0 radical (unpaired) electrons. The van der Waals surface area contributed by atoms with Gasteiger partial charge in [0.15, 0.2) is 5.78 Å². The Morgan fingerprint density at radius 3 is 2.44 bits per heavy atom. The predicted octanol–water partition coefficient (Wildman–Crippen LogP) is 3.94. The number of aromatic nitrogens is 1. The van der Waals surface area contributed by atoms with Crippen molar-refractivity contribution in [3.8, 4) is 0 Å². The number of benzene rings is 1. The molecule has 1 aliphatic heterocycles. The molecule has 1 saturated heterocycles. The SMILES string of the molecule is COC(=O)C(C)(C)/C=C/c1ccc2ccc(CNC(=O)[C@@H]3CCCC(C(=O)[C@H](C)NC(=O)[C@@H](C)C(C)C)N3)nc2c1. The molecule has 4 atom stereocenters. The van der Waals surface area contributed by atoms with Gasteiger partial charge in [0, 0.05) is 11.3 Å². The molecule has 3 rings (SSSR count). The third kappa shape index (κ3) is 8.45. The maximum absolute atomic E-state index is 13.0. The third-order valence-electron chi connectivity index (χ3n) is 7.87. The summed E-state index contributed by atoms with van der Waals surface area (Å²) in [5.41, 5.74) is 1.63. The first-order valence-corrected chi connectivity index (χ1v) is 14.4. The Kier molecular flexibility index (Phi) is 10.8. The van der Waals surface area contributed by atoms with Gasteiger partial charge in [0.25, 0.3) is 0 Å². The fourth-order valence-electron chi connectivity index (χ4n) is 4.70. The first kappa shape index (κ1) is 31.9. The smallest absolute Gasteiger partial charge is 0.315 e. The molecule has 2 heterocycles. The molecular weight excluding hydrogens is 520 g/mol. The van der Waals surface area contributed by atoms with Gasteiger partial charge in [-0.3, -0.25) is 29.5 Å². The van der Waals surface area contributed by atoms with Crippen LogP contribution in [0.25, 0.3) is 17.0 Å². The minimum atomic E-state index is -0.752. The zero-order valence-electron chi connectivity index (χ0n) is 25.2. The number of Topliss-reactive ketones (excluding diaryl/α,β-unsaturated/α-hetero) is 1. The van der Waals surface area contributed by atoms with Crippen LogP contribution >= 0.6 is 0 Å². The Bertz CT molecular complexity index is 1300.